The fourth-order valence-electron chi connectivity index (χ4n) is 1.67. The minimum absolute atomic E-state index is 0.285. The Labute approximate surface area is 119 Å². The number of benzene rings is 1. The van der Waals surface area contributed by atoms with Crippen molar-refractivity contribution >= 4 is 22.9 Å². The molecule has 1 aromatic heterocycles. The van der Waals surface area contributed by atoms with E-state index in [1.54, 1.807) is 17.4 Å². The third-order valence-corrected chi connectivity index (χ3v) is 4.00. The SMILES string of the molecule is Oc1ccc(CNCCc2ccc(Cl)s2)c(O)c1O. The number of phenols is 3. The first-order chi connectivity index (χ1) is 9.08. The minimum atomic E-state index is -0.482. The van der Waals surface area contributed by atoms with Crippen molar-refractivity contribution in [2.24, 2.45) is 0 Å². The zero-order valence-electron chi connectivity index (χ0n) is 10.1. The molecule has 6 heteroatoms. The minimum Gasteiger partial charge on any atom is -0.504 e. The molecule has 0 fully saturated rings. The van der Waals surface area contributed by atoms with Crippen LogP contribution in [0.25, 0.3) is 0 Å². The molecule has 0 saturated heterocycles. The van der Waals surface area contributed by atoms with Gasteiger partial charge < -0.3 is 20.6 Å². The van der Waals surface area contributed by atoms with E-state index in [1.165, 1.54) is 10.9 Å². The zero-order valence-corrected chi connectivity index (χ0v) is 11.6. The van der Waals surface area contributed by atoms with Crippen molar-refractivity contribution in [3.05, 3.63) is 39.0 Å². The Bertz CT molecular complexity index is 571. The largest absolute Gasteiger partial charge is 0.504 e. The van der Waals surface area contributed by atoms with Crippen molar-refractivity contribution in [1.29, 1.82) is 0 Å². The van der Waals surface area contributed by atoms with Crippen molar-refractivity contribution in [1.82, 2.24) is 5.32 Å². The second-order valence-corrected chi connectivity index (χ2v) is 5.87. The fraction of sp³-hybridized carbons (Fsp3) is 0.231. The molecule has 4 nitrogen and oxygen atoms in total. The van der Waals surface area contributed by atoms with Gasteiger partial charge in [-0.1, -0.05) is 17.7 Å². The quantitative estimate of drug-likeness (QED) is 0.506. The highest BCUT2D eigenvalue weighted by molar-refractivity contribution is 7.16. The Hall–Kier alpha value is -1.43. The molecule has 1 heterocycles. The second-order valence-electron chi connectivity index (χ2n) is 4.07. The van der Waals surface area contributed by atoms with Gasteiger partial charge in [-0.15, -0.1) is 11.3 Å². The van der Waals surface area contributed by atoms with E-state index in [2.05, 4.69) is 5.32 Å². The molecule has 0 aliphatic rings. The summed E-state index contributed by atoms with van der Waals surface area (Å²) in [6.45, 7) is 1.15. The number of hydrogen-bond acceptors (Lipinski definition) is 5. The maximum absolute atomic E-state index is 9.63. The molecule has 2 rings (SSSR count). The lowest BCUT2D eigenvalue weighted by atomic mass is 10.1. The van der Waals surface area contributed by atoms with Crippen LogP contribution in [-0.2, 0) is 13.0 Å². The second kappa shape index (κ2) is 6.14. The maximum atomic E-state index is 9.63. The van der Waals surface area contributed by atoms with Gasteiger partial charge in [-0.2, -0.15) is 0 Å². The number of rotatable bonds is 5. The molecule has 0 spiro atoms. The smallest absolute Gasteiger partial charge is 0.200 e. The lowest BCUT2D eigenvalue weighted by Crippen LogP contribution is -2.16. The first kappa shape index (κ1) is 14.0. The predicted molar refractivity (Wildman–Crippen MR) is 76.2 cm³/mol. The van der Waals surface area contributed by atoms with Gasteiger partial charge in [0.05, 0.1) is 4.34 Å². The van der Waals surface area contributed by atoms with Crippen LogP contribution < -0.4 is 5.32 Å². The topological polar surface area (TPSA) is 72.7 Å². The summed E-state index contributed by atoms with van der Waals surface area (Å²) in [7, 11) is 0. The van der Waals surface area contributed by atoms with Crippen molar-refractivity contribution in [2.75, 3.05) is 6.54 Å². The molecule has 0 aliphatic heterocycles. The van der Waals surface area contributed by atoms with E-state index in [9.17, 15) is 15.3 Å². The molecule has 1 aromatic carbocycles. The van der Waals surface area contributed by atoms with Gasteiger partial charge in [0.1, 0.15) is 0 Å². The van der Waals surface area contributed by atoms with Crippen LogP contribution in [0.3, 0.4) is 0 Å². The molecule has 4 N–H and O–H groups in total. The number of hydrogen-bond donors (Lipinski definition) is 4. The monoisotopic (exact) mass is 299 g/mol. The fourth-order valence-corrected chi connectivity index (χ4v) is 2.76. The van der Waals surface area contributed by atoms with Crippen molar-refractivity contribution in [2.45, 2.75) is 13.0 Å². The molecule has 0 aliphatic carbocycles. The number of nitrogens with one attached hydrogen (secondary N) is 1. The Balaban J connectivity index is 1.84. The molecule has 2 aromatic rings. The van der Waals surface area contributed by atoms with E-state index in [0.717, 1.165) is 17.3 Å². The number of thiophene rings is 1. The van der Waals surface area contributed by atoms with Crippen LogP contribution in [0, 0.1) is 0 Å². The summed E-state index contributed by atoms with van der Waals surface area (Å²) in [6, 6.07) is 6.77. The molecule has 19 heavy (non-hydrogen) atoms. The molecular formula is C13H14ClNO3S. The van der Waals surface area contributed by atoms with E-state index in [4.69, 9.17) is 11.6 Å². The summed E-state index contributed by atoms with van der Waals surface area (Å²) >= 11 is 7.38. The highest BCUT2D eigenvalue weighted by Gasteiger charge is 2.10. The van der Waals surface area contributed by atoms with Crippen LogP contribution in [0.15, 0.2) is 24.3 Å². The van der Waals surface area contributed by atoms with Gasteiger partial charge >= 0.3 is 0 Å². The van der Waals surface area contributed by atoms with Gasteiger partial charge in [0, 0.05) is 23.5 Å². The summed E-state index contributed by atoms with van der Waals surface area (Å²) in [5.41, 5.74) is 0.541. The first-order valence-electron chi connectivity index (χ1n) is 5.75. The molecule has 0 amide bonds. The summed E-state index contributed by atoms with van der Waals surface area (Å²) in [5.74, 6) is -1.09. The Morgan fingerprint density at radius 1 is 1.05 bits per heavy atom. The van der Waals surface area contributed by atoms with Gasteiger partial charge in [-0.25, -0.2) is 0 Å². The Morgan fingerprint density at radius 3 is 2.53 bits per heavy atom. The van der Waals surface area contributed by atoms with Gasteiger partial charge in [-0.3, -0.25) is 0 Å². The van der Waals surface area contributed by atoms with E-state index in [0.29, 0.717) is 12.1 Å². The van der Waals surface area contributed by atoms with Gasteiger partial charge in [-0.05, 0) is 24.6 Å². The van der Waals surface area contributed by atoms with Crippen LogP contribution in [0.1, 0.15) is 10.4 Å². The average molecular weight is 300 g/mol. The van der Waals surface area contributed by atoms with Crippen LogP contribution >= 0.6 is 22.9 Å². The van der Waals surface area contributed by atoms with E-state index in [-0.39, 0.29) is 11.5 Å². The first-order valence-corrected chi connectivity index (χ1v) is 6.95. The van der Waals surface area contributed by atoms with Crippen molar-refractivity contribution in [3.8, 4) is 17.2 Å². The highest BCUT2D eigenvalue weighted by Crippen LogP contribution is 2.36. The average Bonchev–Trinajstić information content (AvgIpc) is 2.80. The number of phenolic OH excluding ortho intramolecular Hbond substituents is 3. The van der Waals surface area contributed by atoms with Gasteiger partial charge in [0.25, 0.3) is 0 Å². The van der Waals surface area contributed by atoms with E-state index < -0.39 is 5.75 Å². The number of aromatic hydroxyl groups is 3. The predicted octanol–water partition coefficient (Wildman–Crippen LogP) is 2.85. The Kier molecular flexibility index (Phi) is 4.52. The van der Waals surface area contributed by atoms with Gasteiger partial charge in [0.15, 0.2) is 11.5 Å². The van der Waals surface area contributed by atoms with Gasteiger partial charge in [0.2, 0.25) is 5.75 Å². The molecule has 0 atom stereocenters. The van der Waals surface area contributed by atoms with Crippen LogP contribution in [0.2, 0.25) is 4.34 Å². The lowest BCUT2D eigenvalue weighted by Gasteiger charge is -2.08. The highest BCUT2D eigenvalue weighted by atomic mass is 35.5. The standard InChI is InChI=1S/C13H14ClNO3S/c14-11-4-2-9(19-11)5-6-15-7-8-1-3-10(16)13(18)12(8)17/h1-4,15-18H,5-7H2. The van der Waals surface area contributed by atoms with Crippen LogP contribution in [-0.4, -0.2) is 21.9 Å². The van der Waals surface area contributed by atoms with Crippen molar-refractivity contribution < 1.29 is 15.3 Å². The third-order valence-electron chi connectivity index (χ3n) is 2.71. The van der Waals surface area contributed by atoms with Crippen LogP contribution in [0.5, 0.6) is 17.2 Å². The molecule has 0 bridgehead atoms. The number of halogens is 1. The van der Waals surface area contributed by atoms with Crippen molar-refractivity contribution in [3.63, 3.8) is 0 Å². The van der Waals surface area contributed by atoms with E-state index >= 15 is 0 Å². The Morgan fingerprint density at radius 2 is 1.84 bits per heavy atom. The summed E-state index contributed by atoms with van der Waals surface area (Å²) in [5, 5.41) is 31.4. The molecule has 0 unspecified atom stereocenters. The van der Waals surface area contributed by atoms with E-state index in [1.807, 2.05) is 12.1 Å². The lowest BCUT2D eigenvalue weighted by molar-refractivity contribution is 0.364. The zero-order chi connectivity index (χ0) is 13.8. The summed E-state index contributed by atoms with van der Waals surface area (Å²) < 4.78 is 0.774. The third kappa shape index (κ3) is 3.53. The maximum Gasteiger partial charge on any atom is 0.200 e. The summed E-state index contributed by atoms with van der Waals surface area (Å²) in [4.78, 5) is 1.19. The molecular weight excluding hydrogens is 286 g/mol. The molecule has 0 saturated carbocycles. The summed E-state index contributed by atoms with van der Waals surface area (Å²) in [6.07, 6.45) is 0.849. The normalized spacial score (nSPS) is 10.8. The van der Waals surface area contributed by atoms with Crippen LogP contribution in [0.4, 0.5) is 0 Å². The molecule has 0 radical (unpaired) electrons. The molecule has 102 valence electrons.